The minimum Gasteiger partial charge on any atom is -0.315 e. The van der Waals surface area contributed by atoms with Crippen LogP contribution in [0.1, 0.15) is 17.0 Å². The number of aromatic nitrogens is 2. The number of hydrogen-bond donors (Lipinski definition) is 1. The topological polar surface area (TPSA) is 29.9 Å². The molecule has 1 N–H and O–H groups in total. The largest absolute Gasteiger partial charge is 0.315 e. The second-order valence-corrected chi connectivity index (χ2v) is 5.92. The van der Waals surface area contributed by atoms with Crippen LogP contribution in [0, 0.1) is 12.7 Å². The Morgan fingerprint density at radius 1 is 1.35 bits per heavy atom. The summed E-state index contributed by atoms with van der Waals surface area (Å²) in [6.45, 7) is 3.66. The zero-order chi connectivity index (χ0) is 14.3. The van der Waals surface area contributed by atoms with Crippen LogP contribution in [0.4, 0.5) is 4.39 Å². The molecule has 1 aliphatic rings. The van der Waals surface area contributed by atoms with Crippen molar-refractivity contribution in [2.45, 2.75) is 18.8 Å². The maximum absolute atomic E-state index is 13.1. The molecule has 0 bridgehead atoms. The molecular weight excluding hydrogens is 277 g/mol. The second-order valence-electron chi connectivity index (χ2n) is 5.54. The lowest BCUT2D eigenvalue weighted by molar-refractivity contribution is 0.269. The van der Waals surface area contributed by atoms with E-state index in [4.69, 9.17) is 11.6 Å². The van der Waals surface area contributed by atoms with Gasteiger partial charge in [-0.2, -0.15) is 5.10 Å². The van der Waals surface area contributed by atoms with Crippen molar-refractivity contribution < 1.29 is 4.39 Å². The van der Waals surface area contributed by atoms with Crippen LogP contribution in [0.5, 0.6) is 0 Å². The molecule has 0 atom stereocenters. The molecule has 2 heterocycles. The van der Waals surface area contributed by atoms with Gasteiger partial charge in [-0.15, -0.1) is 0 Å². The van der Waals surface area contributed by atoms with Gasteiger partial charge in [0.2, 0.25) is 0 Å². The quantitative estimate of drug-likeness (QED) is 0.943. The molecule has 2 aromatic rings. The van der Waals surface area contributed by atoms with Crippen molar-refractivity contribution in [3.05, 3.63) is 52.1 Å². The van der Waals surface area contributed by atoms with Gasteiger partial charge in [-0.3, -0.25) is 4.68 Å². The molecule has 0 amide bonds. The highest BCUT2D eigenvalue weighted by Gasteiger charge is 2.40. The van der Waals surface area contributed by atoms with Gasteiger partial charge < -0.3 is 5.32 Å². The summed E-state index contributed by atoms with van der Waals surface area (Å²) in [5.41, 5.74) is 3.02. The first-order chi connectivity index (χ1) is 9.52. The van der Waals surface area contributed by atoms with Crippen molar-refractivity contribution in [1.82, 2.24) is 15.1 Å². The third kappa shape index (κ3) is 2.13. The first-order valence-electron chi connectivity index (χ1n) is 6.67. The van der Waals surface area contributed by atoms with Gasteiger partial charge in [-0.25, -0.2) is 4.39 Å². The lowest BCUT2D eigenvalue weighted by Crippen LogP contribution is -2.58. The normalized spacial score (nSPS) is 17.0. The first kappa shape index (κ1) is 13.6. The van der Waals surface area contributed by atoms with Gasteiger partial charge in [0.1, 0.15) is 5.82 Å². The monoisotopic (exact) mass is 293 g/mol. The van der Waals surface area contributed by atoms with E-state index in [0.29, 0.717) is 0 Å². The summed E-state index contributed by atoms with van der Waals surface area (Å²) in [5.74, 6) is -0.203. The third-order valence-corrected chi connectivity index (χ3v) is 4.64. The van der Waals surface area contributed by atoms with Crippen LogP contribution in [-0.2, 0) is 18.9 Å². The lowest BCUT2D eigenvalue weighted by Gasteiger charge is -2.43. The molecule has 0 aliphatic carbocycles. The molecule has 1 aromatic carbocycles. The molecule has 0 unspecified atom stereocenters. The maximum Gasteiger partial charge on any atom is 0.123 e. The Morgan fingerprint density at radius 2 is 2.00 bits per heavy atom. The standard InChI is InChI=1S/C15H17ClFN3/c1-10-14(16)13(20(2)19-10)7-15(8-18-9-15)11-3-5-12(17)6-4-11/h3-6,18H,7-9H2,1-2H3. The van der Waals surface area contributed by atoms with Gasteiger partial charge in [-0.1, -0.05) is 23.7 Å². The van der Waals surface area contributed by atoms with Crippen LogP contribution >= 0.6 is 11.6 Å². The van der Waals surface area contributed by atoms with Gasteiger partial charge in [-0.05, 0) is 24.6 Å². The van der Waals surface area contributed by atoms with E-state index in [0.717, 1.165) is 41.5 Å². The van der Waals surface area contributed by atoms with E-state index in [2.05, 4.69) is 10.4 Å². The minimum atomic E-state index is -0.203. The fourth-order valence-electron chi connectivity index (χ4n) is 2.85. The minimum absolute atomic E-state index is 0.0163. The Balaban J connectivity index is 1.96. The van der Waals surface area contributed by atoms with E-state index in [9.17, 15) is 4.39 Å². The van der Waals surface area contributed by atoms with Crippen molar-refractivity contribution >= 4 is 11.6 Å². The molecule has 0 spiro atoms. The number of hydrogen-bond acceptors (Lipinski definition) is 2. The van der Waals surface area contributed by atoms with Gasteiger partial charge in [0.05, 0.1) is 16.4 Å². The van der Waals surface area contributed by atoms with Gasteiger partial charge >= 0.3 is 0 Å². The molecular formula is C15H17ClFN3. The van der Waals surface area contributed by atoms with E-state index in [1.54, 1.807) is 0 Å². The van der Waals surface area contributed by atoms with E-state index in [-0.39, 0.29) is 11.2 Å². The summed E-state index contributed by atoms with van der Waals surface area (Å²) in [6, 6.07) is 6.78. The van der Waals surface area contributed by atoms with E-state index in [1.807, 2.05) is 30.8 Å². The van der Waals surface area contributed by atoms with Gasteiger partial charge in [0.25, 0.3) is 0 Å². The Hall–Kier alpha value is -1.39. The van der Waals surface area contributed by atoms with Crippen LogP contribution in [0.15, 0.2) is 24.3 Å². The Labute approximate surface area is 122 Å². The van der Waals surface area contributed by atoms with Crippen LogP contribution in [-0.4, -0.2) is 22.9 Å². The van der Waals surface area contributed by atoms with Crippen LogP contribution < -0.4 is 5.32 Å². The van der Waals surface area contributed by atoms with Crippen LogP contribution in [0.2, 0.25) is 5.02 Å². The highest BCUT2D eigenvalue weighted by atomic mass is 35.5. The van der Waals surface area contributed by atoms with Gasteiger partial charge in [0, 0.05) is 32.0 Å². The third-order valence-electron chi connectivity index (χ3n) is 4.15. The number of halogens is 2. The Kier molecular flexibility index (Phi) is 3.30. The summed E-state index contributed by atoms with van der Waals surface area (Å²) in [4.78, 5) is 0. The van der Waals surface area contributed by atoms with Crippen molar-refractivity contribution in [1.29, 1.82) is 0 Å². The highest BCUT2D eigenvalue weighted by molar-refractivity contribution is 6.31. The Bertz CT molecular complexity index is 629. The average Bonchev–Trinajstić information content (AvgIpc) is 2.61. The summed E-state index contributed by atoms with van der Waals surface area (Å²) in [6.07, 6.45) is 0.807. The second kappa shape index (κ2) is 4.86. The van der Waals surface area contributed by atoms with E-state index in [1.165, 1.54) is 12.1 Å². The first-order valence-corrected chi connectivity index (χ1v) is 7.04. The highest BCUT2D eigenvalue weighted by Crippen LogP contribution is 2.35. The van der Waals surface area contributed by atoms with E-state index >= 15 is 0 Å². The molecule has 0 radical (unpaired) electrons. The number of rotatable bonds is 3. The number of nitrogens with zero attached hydrogens (tertiary/aromatic N) is 2. The maximum atomic E-state index is 13.1. The summed E-state index contributed by atoms with van der Waals surface area (Å²) < 4.78 is 15.0. The summed E-state index contributed by atoms with van der Waals surface area (Å²) in [5, 5.41) is 8.42. The Morgan fingerprint density at radius 3 is 2.45 bits per heavy atom. The average molecular weight is 294 g/mol. The number of benzene rings is 1. The SMILES string of the molecule is Cc1nn(C)c(CC2(c3ccc(F)cc3)CNC2)c1Cl. The van der Waals surface area contributed by atoms with Crippen molar-refractivity contribution in [3.63, 3.8) is 0 Å². The van der Waals surface area contributed by atoms with Crippen molar-refractivity contribution in [2.75, 3.05) is 13.1 Å². The molecule has 0 saturated carbocycles. The molecule has 1 saturated heterocycles. The molecule has 3 nitrogen and oxygen atoms in total. The van der Waals surface area contributed by atoms with Gasteiger partial charge in [0.15, 0.2) is 0 Å². The smallest absolute Gasteiger partial charge is 0.123 e. The van der Waals surface area contributed by atoms with Crippen LogP contribution in [0.25, 0.3) is 0 Å². The molecule has 1 aromatic heterocycles. The predicted molar refractivity (Wildman–Crippen MR) is 77.6 cm³/mol. The van der Waals surface area contributed by atoms with Crippen LogP contribution in [0.3, 0.4) is 0 Å². The summed E-state index contributed by atoms with van der Waals surface area (Å²) in [7, 11) is 1.92. The predicted octanol–water partition coefficient (Wildman–Crippen LogP) is 2.60. The van der Waals surface area contributed by atoms with Crippen molar-refractivity contribution in [2.24, 2.45) is 7.05 Å². The van der Waals surface area contributed by atoms with Crippen molar-refractivity contribution in [3.8, 4) is 0 Å². The molecule has 5 heteroatoms. The summed E-state index contributed by atoms with van der Waals surface area (Å²) >= 11 is 6.35. The number of aryl methyl sites for hydroxylation is 2. The fraction of sp³-hybridized carbons (Fsp3) is 0.400. The molecule has 1 aliphatic heterocycles. The molecule has 106 valence electrons. The molecule has 3 rings (SSSR count). The fourth-order valence-corrected chi connectivity index (χ4v) is 3.08. The number of nitrogens with one attached hydrogen (secondary N) is 1. The lowest BCUT2D eigenvalue weighted by atomic mass is 9.72. The van der Waals surface area contributed by atoms with E-state index < -0.39 is 0 Å². The zero-order valence-corrected chi connectivity index (χ0v) is 12.3. The zero-order valence-electron chi connectivity index (χ0n) is 11.6. The molecule has 1 fully saturated rings. The molecule has 20 heavy (non-hydrogen) atoms.